The normalized spacial score (nSPS) is 11.1. The van der Waals surface area contributed by atoms with Gasteiger partial charge in [-0.2, -0.15) is 5.10 Å². The van der Waals surface area contributed by atoms with Gasteiger partial charge in [0.2, 0.25) is 0 Å². The molecule has 4 nitrogen and oxygen atoms in total. The Morgan fingerprint density at radius 1 is 1.33 bits per heavy atom. The Morgan fingerprint density at radius 3 is 2.71 bits per heavy atom. The topological polar surface area (TPSA) is 47.3 Å². The van der Waals surface area contributed by atoms with Crippen LogP contribution in [0.25, 0.3) is 11.3 Å². The summed E-state index contributed by atoms with van der Waals surface area (Å²) in [5, 5.41) is 14.8. The molecule has 1 N–H and O–H groups in total. The van der Waals surface area contributed by atoms with Crippen molar-refractivity contribution in [3.05, 3.63) is 30.0 Å². The summed E-state index contributed by atoms with van der Waals surface area (Å²) in [4.78, 5) is 0. The fraction of sp³-hybridized carbons (Fsp3) is 0.471. The van der Waals surface area contributed by atoms with Gasteiger partial charge in [-0.3, -0.25) is 4.68 Å². The van der Waals surface area contributed by atoms with Crippen LogP contribution in [0.4, 0.5) is 0 Å². The van der Waals surface area contributed by atoms with Crippen LogP contribution in [0.15, 0.2) is 24.3 Å². The Morgan fingerprint density at radius 2 is 2.10 bits per heavy atom. The molecule has 0 fully saturated rings. The molecule has 0 saturated carbocycles. The fourth-order valence-corrected chi connectivity index (χ4v) is 2.27. The Bertz CT molecular complexity index is 603. The van der Waals surface area contributed by atoms with E-state index in [1.54, 1.807) is 0 Å². The third-order valence-electron chi connectivity index (χ3n) is 3.48. The van der Waals surface area contributed by atoms with Crippen molar-refractivity contribution in [2.24, 2.45) is 0 Å². The van der Waals surface area contributed by atoms with Crippen molar-refractivity contribution < 1.29 is 9.84 Å². The average Bonchev–Trinajstić information content (AvgIpc) is 2.76. The highest BCUT2D eigenvalue weighted by Gasteiger charge is 2.17. The van der Waals surface area contributed by atoms with E-state index in [1.165, 1.54) is 0 Å². The van der Waals surface area contributed by atoms with Gasteiger partial charge in [0.1, 0.15) is 11.4 Å². The summed E-state index contributed by atoms with van der Waals surface area (Å²) in [6, 6.07) is 7.96. The molecule has 0 bridgehead atoms. The molecule has 2 rings (SSSR count). The molecule has 2 aromatic rings. The highest BCUT2D eigenvalue weighted by Crippen LogP contribution is 2.33. The molecule has 114 valence electrons. The zero-order chi connectivity index (χ0) is 15.4. The standard InChI is InChI=1S/C17H24N2O2/c1-5-6-10-21-15-9-7-8-14(11-15)16-17(20)13(4)19(18-16)12(2)3/h7-9,11-12,20H,5-6,10H2,1-4H3. The van der Waals surface area contributed by atoms with Gasteiger partial charge in [0, 0.05) is 11.6 Å². The molecule has 0 unspecified atom stereocenters. The Kier molecular flexibility index (Phi) is 4.89. The molecule has 0 aliphatic carbocycles. The summed E-state index contributed by atoms with van der Waals surface area (Å²) < 4.78 is 7.56. The Labute approximate surface area is 126 Å². The second-order valence-corrected chi connectivity index (χ2v) is 5.55. The Hall–Kier alpha value is -1.97. The zero-order valence-electron chi connectivity index (χ0n) is 13.3. The monoisotopic (exact) mass is 288 g/mol. The van der Waals surface area contributed by atoms with E-state index in [0.29, 0.717) is 12.3 Å². The highest BCUT2D eigenvalue weighted by atomic mass is 16.5. The van der Waals surface area contributed by atoms with E-state index < -0.39 is 0 Å². The first kappa shape index (κ1) is 15.4. The molecule has 0 atom stereocenters. The van der Waals surface area contributed by atoms with E-state index in [4.69, 9.17) is 4.74 Å². The molecule has 1 aromatic carbocycles. The highest BCUT2D eigenvalue weighted by molar-refractivity contribution is 5.68. The lowest BCUT2D eigenvalue weighted by atomic mass is 10.1. The number of unbranched alkanes of at least 4 members (excludes halogenated alkanes) is 1. The molecule has 21 heavy (non-hydrogen) atoms. The lowest BCUT2D eigenvalue weighted by molar-refractivity contribution is 0.309. The summed E-state index contributed by atoms with van der Waals surface area (Å²) in [6.45, 7) is 8.83. The summed E-state index contributed by atoms with van der Waals surface area (Å²) >= 11 is 0. The lowest BCUT2D eigenvalue weighted by Crippen LogP contribution is -2.04. The maximum Gasteiger partial charge on any atom is 0.164 e. The van der Waals surface area contributed by atoms with E-state index in [2.05, 4.69) is 12.0 Å². The molecule has 1 heterocycles. The minimum Gasteiger partial charge on any atom is -0.504 e. The summed E-state index contributed by atoms with van der Waals surface area (Å²) in [5.74, 6) is 1.06. The molecule has 0 amide bonds. The first-order valence-electron chi connectivity index (χ1n) is 7.55. The van der Waals surface area contributed by atoms with Crippen molar-refractivity contribution in [2.45, 2.75) is 46.6 Å². The molecule has 0 spiro atoms. The number of rotatable bonds is 6. The van der Waals surface area contributed by atoms with Crippen molar-refractivity contribution in [1.82, 2.24) is 9.78 Å². The minimum atomic E-state index is 0.216. The number of hydrogen-bond acceptors (Lipinski definition) is 3. The van der Waals surface area contributed by atoms with E-state index in [1.807, 2.05) is 49.7 Å². The smallest absolute Gasteiger partial charge is 0.164 e. The van der Waals surface area contributed by atoms with E-state index in [9.17, 15) is 5.11 Å². The van der Waals surface area contributed by atoms with Crippen molar-refractivity contribution in [2.75, 3.05) is 6.61 Å². The van der Waals surface area contributed by atoms with Crippen molar-refractivity contribution in [3.63, 3.8) is 0 Å². The quantitative estimate of drug-likeness (QED) is 0.805. The molecule has 1 aromatic heterocycles. The molecule has 0 aliphatic rings. The first-order valence-corrected chi connectivity index (χ1v) is 7.55. The maximum atomic E-state index is 10.3. The summed E-state index contributed by atoms with van der Waals surface area (Å²) in [6.07, 6.45) is 2.15. The van der Waals surface area contributed by atoms with Crippen LogP contribution in [0, 0.1) is 6.92 Å². The van der Waals surface area contributed by atoms with Crippen LogP contribution in [-0.2, 0) is 0 Å². The molecular weight excluding hydrogens is 264 g/mol. The van der Waals surface area contributed by atoms with Crippen LogP contribution in [0.3, 0.4) is 0 Å². The van der Waals surface area contributed by atoms with Crippen molar-refractivity contribution in [3.8, 4) is 22.8 Å². The van der Waals surface area contributed by atoms with Gasteiger partial charge in [-0.1, -0.05) is 25.5 Å². The largest absolute Gasteiger partial charge is 0.504 e. The van der Waals surface area contributed by atoms with Crippen molar-refractivity contribution >= 4 is 0 Å². The summed E-state index contributed by atoms with van der Waals surface area (Å²) in [5.41, 5.74) is 2.28. The SMILES string of the molecule is CCCCOc1cccc(-c2nn(C(C)C)c(C)c2O)c1. The lowest BCUT2D eigenvalue weighted by Gasteiger charge is -2.07. The number of aromatic hydroxyl groups is 1. The van der Waals surface area contributed by atoms with Gasteiger partial charge >= 0.3 is 0 Å². The van der Waals surface area contributed by atoms with Gasteiger partial charge in [-0.15, -0.1) is 0 Å². The van der Waals surface area contributed by atoms with E-state index in [0.717, 1.165) is 29.8 Å². The zero-order valence-corrected chi connectivity index (χ0v) is 13.3. The average molecular weight is 288 g/mol. The number of ether oxygens (including phenoxy) is 1. The van der Waals surface area contributed by atoms with Crippen molar-refractivity contribution in [1.29, 1.82) is 0 Å². The third-order valence-corrected chi connectivity index (χ3v) is 3.48. The van der Waals surface area contributed by atoms with E-state index >= 15 is 0 Å². The molecule has 4 heteroatoms. The Balaban J connectivity index is 2.30. The molecule has 0 aliphatic heterocycles. The second kappa shape index (κ2) is 6.66. The van der Waals surface area contributed by atoms with Crippen LogP contribution in [0.5, 0.6) is 11.5 Å². The van der Waals surface area contributed by atoms with Gasteiger partial charge in [0.15, 0.2) is 5.75 Å². The van der Waals surface area contributed by atoms with Gasteiger partial charge in [0.25, 0.3) is 0 Å². The van der Waals surface area contributed by atoms with Gasteiger partial charge in [-0.25, -0.2) is 0 Å². The van der Waals surface area contributed by atoms with Crippen LogP contribution >= 0.6 is 0 Å². The van der Waals surface area contributed by atoms with Gasteiger partial charge < -0.3 is 9.84 Å². The molecule has 0 radical (unpaired) electrons. The predicted octanol–water partition coefficient (Wildman–Crippen LogP) is 4.32. The summed E-state index contributed by atoms with van der Waals surface area (Å²) in [7, 11) is 0. The van der Waals surface area contributed by atoms with Crippen LogP contribution < -0.4 is 4.74 Å². The van der Waals surface area contributed by atoms with Gasteiger partial charge in [-0.05, 0) is 39.3 Å². The van der Waals surface area contributed by atoms with Crippen LogP contribution in [0.1, 0.15) is 45.3 Å². The molecular formula is C17H24N2O2. The minimum absolute atomic E-state index is 0.216. The van der Waals surface area contributed by atoms with E-state index in [-0.39, 0.29) is 11.8 Å². The molecule has 0 saturated heterocycles. The fourth-order valence-electron chi connectivity index (χ4n) is 2.27. The number of nitrogens with zero attached hydrogens (tertiary/aromatic N) is 2. The first-order chi connectivity index (χ1) is 10.0. The predicted molar refractivity (Wildman–Crippen MR) is 84.9 cm³/mol. The number of aromatic nitrogens is 2. The second-order valence-electron chi connectivity index (χ2n) is 5.55. The maximum absolute atomic E-state index is 10.3. The third kappa shape index (κ3) is 3.38. The van der Waals surface area contributed by atoms with Crippen LogP contribution in [-0.4, -0.2) is 21.5 Å². The van der Waals surface area contributed by atoms with Gasteiger partial charge in [0.05, 0.1) is 12.3 Å². The number of hydrogen-bond donors (Lipinski definition) is 1. The van der Waals surface area contributed by atoms with Crippen LogP contribution in [0.2, 0.25) is 0 Å². The number of benzene rings is 1.